The van der Waals surface area contributed by atoms with Crippen molar-refractivity contribution in [3.63, 3.8) is 0 Å². The molecule has 11 nitrogen and oxygen atoms in total. The lowest BCUT2D eigenvalue weighted by Crippen LogP contribution is -2.57. The molecule has 1 fully saturated rings. The number of aryl methyl sites for hydroxylation is 1. The van der Waals surface area contributed by atoms with Crippen LogP contribution in [0, 0.1) is 12.3 Å². The zero-order chi connectivity index (χ0) is 33.4. The summed E-state index contributed by atoms with van der Waals surface area (Å²) in [7, 11) is 0. The van der Waals surface area contributed by atoms with Crippen molar-refractivity contribution in [2.75, 3.05) is 13.1 Å². The SMILES string of the molecule is Cc1ncsc1-c1ccc(CNC(=O)[C@@H]2C[C@@H](O)CN2C(=O)[C@@H](NC(=O)CCCCCNC(=O)OC(C)(C)C)C(C)(C)C)cc1. The van der Waals surface area contributed by atoms with Crippen LogP contribution in [0.1, 0.15) is 84.9 Å². The molecule has 1 aromatic heterocycles. The molecule has 4 amide bonds. The number of nitrogens with zero attached hydrogens (tertiary/aromatic N) is 2. The van der Waals surface area contributed by atoms with E-state index < -0.39 is 41.2 Å². The highest BCUT2D eigenvalue weighted by Crippen LogP contribution is 2.28. The van der Waals surface area contributed by atoms with Crippen molar-refractivity contribution in [3.05, 3.63) is 41.0 Å². The molecule has 2 aromatic rings. The zero-order valence-corrected chi connectivity index (χ0v) is 28.4. The monoisotopic (exact) mass is 643 g/mol. The van der Waals surface area contributed by atoms with Crippen molar-refractivity contribution in [2.24, 2.45) is 5.41 Å². The largest absolute Gasteiger partial charge is 0.444 e. The van der Waals surface area contributed by atoms with Gasteiger partial charge in [0.25, 0.3) is 0 Å². The van der Waals surface area contributed by atoms with Gasteiger partial charge in [-0.2, -0.15) is 0 Å². The molecule has 0 radical (unpaired) electrons. The first-order valence-corrected chi connectivity index (χ1v) is 16.4. The molecule has 1 aromatic carbocycles. The van der Waals surface area contributed by atoms with E-state index in [-0.39, 0.29) is 37.7 Å². The number of nitrogens with one attached hydrogen (secondary N) is 3. The lowest BCUT2D eigenvalue weighted by atomic mass is 9.85. The quantitative estimate of drug-likeness (QED) is 0.252. The number of aliphatic hydroxyl groups excluding tert-OH is 1. The van der Waals surface area contributed by atoms with Crippen molar-refractivity contribution >= 4 is 35.2 Å². The standard InChI is InChI=1S/C33H49N5O6S/c1-21-27(45-20-36-21)23-14-12-22(13-15-23)18-35-29(41)25-17-24(39)19-38(25)30(42)28(32(2,3)4)37-26(40)11-9-8-10-16-34-31(43)44-33(5,6)7/h12-15,20,24-25,28,39H,8-11,16-19H2,1-7H3,(H,34,43)(H,35,41)(H,37,40)/t24-,25+,28-/m1/s1. The molecule has 0 aliphatic carbocycles. The van der Waals surface area contributed by atoms with Crippen LogP contribution < -0.4 is 16.0 Å². The van der Waals surface area contributed by atoms with Crippen molar-refractivity contribution < 1.29 is 29.0 Å². The Balaban J connectivity index is 1.51. The highest BCUT2D eigenvalue weighted by molar-refractivity contribution is 7.13. The third-order valence-corrected chi connectivity index (χ3v) is 8.44. The highest BCUT2D eigenvalue weighted by Gasteiger charge is 2.44. The zero-order valence-electron chi connectivity index (χ0n) is 27.6. The topological polar surface area (TPSA) is 150 Å². The Morgan fingerprint density at radius 1 is 1.04 bits per heavy atom. The number of benzene rings is 1. The number of amides is 4. The average molecular weight is 644 g/mol. The van der Waals surface area contributed by atoms with E-state index in [1.807, 2.05) is 57.5 Å². The fourth-order valence-electron chi connectivity index (χ4n) is 5.11. The summed E-state index contributed by atoms with van der Waals surface area (Å²) in [5.41, 5.74) is 3.57. The van der Waals surface area contributed by atoms with Crippen LogP contribution in [0.15, 0.2) is 29.8 Å². The number of aromatic nitrogens is 1. The normalized spacial score (nSPS) is 17.5. The molecule has 3 rings (SSSR count). The smallest absolute Gasteiger partial charge is 0.407 e. The van der Waals surface area contributed by atoms with Crippen molar-refractivity contribution in [2.45, 2.75) is 111 Å². The van der Waals surface area contributed by atoms with Crippen LogP contribution in [0.2, 0.25) is 0 Å². The van der Waals surface area contributed by atoms with E-state index in [0.717, 1.165) is 21.7 Å². The van der Waals surface area contributed by atoms with Gasteiger partial charge in [-0.25, -0.2) is 9.78 Å². The summed E-state index contributed by atoms with van der Waals surface area (Å²) in [5, 5.41) is 18.9. The maximum absolute atomic E-state index is 13.8. The minimum atomic E-state index is -0.873. The number of unbranched alkanes of at least 4 members (excludes halogenated alkanes) is 2. The number of hydrogen-bond acceptors (Lipinski definition) is 8. The average Bonchev–Trinajstić information content (AvgIpc) is 3.56. The molecular weight excluding hydrogens is 594 g/mol. The Morgan fingerprint density at radius 2 is 1.73 bits per heavy atom. The fraction of sp³-hybridized carbons (Fsp3) is 0.606. The van der Waals surface area contributed by atoms with E-state index >= 15 is 0 Å². The third-order valence-electron chi connectivity index (χ3n) is 7.46. The molecule has 1 aliphatic heterocycles. The first-order chi connectivity index (χ1) is 21.0. The molecule has 248 valence electrons. The Bertz CT molecular complexity index is 1310. The number of likely N-dealkylation sites (tertiary alicyclic amines) is 1. The second kappa shape index (κ2) is 15.7. The molecular formula is C33H49N5O6S. The Hall–Kier alpha value is -3.51. The number of alkyl carbamates (subject to hydrolysis) is 1. The molecule has 45 heavy (non-hydrogen) atoms. The third kappa shape index (κ3) is 11.1. The highest BCUT2D eigenvalue weighted by atomic mass is 32.1. The number of β-amino-alcohol motifs (C(OH)–C–C–N with tert-alkyl or cyclic N) is 1. The lowest BCUT2D eigenvalue weighted by molar-refractivity contribution is -0.144. The van der Waals surface area contributed by atoms with E-state index in [2.05, 4.69) is 20.9 Å². The van der Waals surface area contributed by atoms with Crippen molar-refractivity contribution in [3.8, 4) is 10.4 Å². The first-order valence-electron chi connectivity index (χ1n) is 15.6. The lowest BCUT2D eigenvalue weighted by Gasteiger charge is -2.35. The van der Waals surface area contributed by atoms with Crippen LogP contribution >= 0.6 is 11.3 Å². The molecule has 0 unspecified atom stereocenters. The predicted octanol–water partition coefficient (Wildman–Crippen LogP) is 4.31. The Labute approximate surface area is 270 Å². The number of ether oxygens (including phenoxy) is 1. The second-order valence-corrected chi connectivity index (χ2v) is 14.5. The number of thiazole rings is 1. The molecule has 3 atom stereocenters. The molecule has 2 heterocycles. The van der Waals surface area contributed by atoms with E-state index in [0.29, 0.717) is 25.8 Å². The number of hydrogen-bond donors (Lipinski definition) is 4. The van der Waals surface area contributed by atoms with E-state index in [4.69, 9.17) is 4.74 Å². The predicted molar refractivity (Wildman–Crippen MR) is 174 cm³/mol. The number of rotatable bonds is 12. The van der Waals surface area contributed by atoms with Crippen molar-refractivity contribution in [1.82, 2.24) is 25.8 Å². The molecule has 1 aliphatic rings. The number of aliphatic hydroxyl groups is 1. The minimum Gasteiger partial charge on any atom is -0.444 e. The van der Waals surface area contributed by atoms with Gasteiger partial charge in [0.15, 0.2) is 0 Å². The van der Waals surface area contributed by atoms with Gasteiger partial charge in [-0.05, 0) is 57.1 Å². The van der Waals surface area contributed by atoms with Gasteiger partial charge in [-0.3, -0.25) is 14.4 Å². The van der Waals surface area contributed by atoms with Crippen LogP contribution in [0.3, 0.4) is 0 Å². The molecule has 4 N–H and O–H groups in total. The minimum absolute atomic E-state index is 0.0208. The van der Waals surface area contributed by atoms with Crippen LogP contribution in [0.25, 0.3) is 10.4 Å². The van der Waals surface area contributed by atoms with Gasteiger partial charge in [-0.15, -0.1) is 11.3 Å². The van der Waals surface area contributed by atoms with Gasteiger partial charge in [0.1, 0.15) is 17.7 Å². The fourth-order valence-corrected chi connectivity index (χ4v) is 5.92. The number of carbonyl (C=O) groups is 4. The molecule has 12 heteroatoms. The summed E-state index contributed by atoms with van der Waals surface area (Å²) in [4.78, 5) is 58.5. The summed E-state index contributed by atoms with van der Waals surface area (Å²) in [6.45, 7) is 13.7. The molecule has 0 spiro atoms. The van der Waals surface area contributed by atoms with Gasteiger partial charge in [0, 0.05) is 32.5 Å². The summed E-state index contributed by atoms with van der Waals surface area (Å²) in [6, 6.07) is 6.17. The van der Waals surface area contributed by atoms with Crippen LogP contribution in [-0.2, 0) is 25.7 Å². The summed E-state index contributed by atoms with van der Waals surface area (Å²) < 4.78 is 5.21. The van der Waals surface area contributed by atoms with Gasteiger partial charge in [0.2, 0.25) is 17.7 Å². The summed E-state index contributed by atoms with van der Waals surface area (Å²) >= 11 is 1.58. The number of carbonyl (C=O) groups excluding carboxylic acids is 4. The van der Waals surface area contributed by atoms with Gasteiger partial charge >= 0.3 is 6.09 Å². The van der Waals surface area contributed by atoms with E-state index in [1.54, 1.807) is 32.1 Å². The molecule has 0 saturated carbocycles. The van der Waals surface area contributed by atoms with E-state index in [9.17, 15) is 24.3 Å². The first kappa shape index (κ1) is 36.0. The summed E-state index contributed by atoms with van der Waals surface area (Å²) in [5.74, 6) is -0.999. The van der Waals surface area contributed by atoms with E-state index in [1.165, 1.54) is 4.90 Å². The van der Waals surface area contributed by atoms with Gasteiger partial charge in [0.05, 0.1) is 22.2 Å². The van der Waals surface area contributed by atoms with Gasteiger partial charge < -0.3 is 30.7 Å². The maximum atomic E-state index is 13.8. The van der Waals surface area contributed by atoms with Crippen LogP contribution in [0.5, 0.6) is 0 Å². The molecule has 1 saturated heterocycles. The Morgan fingerprint density at radius 3 is 2.33 bits per heavy atom. The Kier molecular flexibility index (Phi) is 12.5. The second-order valence-electron chi connectivity index (χ2n) is 13.7. The van der Waals surface area contributed by atoms with Crippen LogP contribution in [0.4, 0.5) is 4.79 Å². The van der Waals surface area contributed by atoms with Gasteiger partial charge in [-0.1, -0.05) is 51.5 Å². The maximum Gasteiger partial charge on any atom is 0.407 e. The van der Waals surface area contributed by atoms with Crippen molar-refractivity contribution in [1.29, 1.82) is 0 Å². The van der Waals surface area contributed by atoms with Crippen LogP contribution in [-0.4, -0.2) is 75.7 Å². The molecule has 0 bridgehead atoms. The summed E-state index contributed by atoms with van der Waals surface area (Å²) in [6.07, 6.45) is 1.03.